The van der Waals surface area contributed by atoms with E-state index in [1.54, 1.807) is 6.20 Å². The molecule has 64 valence electrons. The van der Waals surface area contributed by atoms with E-state index in [4.69, 9.17) is 0 Å². The zero-order valence-corrected chi connectivity index (χ0v) is 6.75. The molecule has 5 nitrogen and oxygen atoms in total. The van der Waals surface area contributed by atoms with Gasteiger partial charge < -0.3 is 5.32 Å². The number of hydrogen-bond donors (Lipinski definition) is 1. The van der Waals surface area contributed by atoms with Crippen LogP contribution >= 0.6 is 0 Å². The Bertz CT molecular complexity index is 365. The van der Waals surface area contributed by atoms with Crippen molar-refractivity contribution in [1.29, 1.82) is 0 Å². The number of hydrogen-bond acceptors (Lipinski definition) is 5. The third kappa shape index (κ3) is 1.76. The first-order chi connectivity index (χ1) is 6.47. The van der Waals surface area contributed by atoms with Gasteiger partial charge in [0.05, 0.1) is 11.9 Å². The van der Waals surface area contributed by atoms with Crippen LogP contribution in [0.2, 0.25) is 0 Å². The summed E-state index contributed by atoms with van der Waals surface area (Å²) in [6, 6.07) is 0. The molecule has 0 fully saturated rings. The van der Waals surface area contributed by atoms with Crippen LogP contribution in [-0.2, 0) is 0 Å². The summed E-state index contributed by atoms with van der Waals surface area (Å²) in [6.45, 7) is 0. The summed E-state index contributed by atoms with van der Waals surface area (Å²) in [5, 5.41) is 17.3. The van der Waals surface area contributed by atoms with Gasteiger partial charge in [-0.15, -0.1) is 10.2 Å². The van der Waals surface area contributed by atoms with Gasteiger partial charge in [0.15, 0.2) is 0 Å². The molecule has 0 radical (unpaired) electrons. The van der Waals surface area contributed by atoms with Crippen LogP contribution in [0.25, 0.3) is 5.70 Å². The molecule has 1 aliphatic heterocycles. The Morgan fingerprint density at radius 2 is 2.08 bits per heavy atom. The van der Waals surface area contributed by atoms with E-state index in [2.05, 4.69) is 25.9 Å². The highest BCUT2D eigenvalue weighted by Crippen LogP contribution is 2.06. The molecular weight excluding hydrogens is 166 g/mol. The summed E-state index contributed by atoms with van der Waals surface area (Å²) in [4.78, 5) is 0. The van der Waals surface area contributed by atoms with Gasteiger partial charge in [-0.25, -0.2) is 0 Å². The summed E-state index contributed by atoms with van der Waals surface area (Å²) >= 11 is 0. The van der Waals surface area contributed by atoms with Crippen LogP contribution in [0.15, 0.2) is 36.7 Å². The zero-order chi connectivity index (χ0) is 8.93. The summed E-state index contributed by atoms with van der Waals surface area (Å²) in [5.74, 6) is 0. The van der Waals surface area contributed by atoms with Crippen LogP contribution < -0.4 is 5.32 Å². The molecule has 0 saturated carbocycles. The first kappa shape index (κ1) is 7.60. The van der Waals surface area contributed by atoms with E-state index < -0.39 is 0 Å². The highest BCUT2D eigenvalue weighted by molar-refractivity contribution is 5.63. The number of nitrogens with zero attached hydrogens (tertiary/aromatic N) is 4. The van der Waals surface area contributed by atoms with E-state index in [-0.39, 0.29) is 0 Å². The molecule has 2 rings (SSSR count). The molecule has 1 aliphatic rings. The topological polar surface area (TPSA) is 63.6 Å². The average molecular weight is 173 g/mol. The van der Waals surface area contributed by atoms with Gasteiger partial charge in [0.1, 0.15) is 5.69 Å². The molecule has 1 N–H and O–H groups in total. The van der Waals surface area contributed by atoms with E-state index in [0.29, 0.717) is 5.69 Å². The van der Waals surface area contributed by atoms with Gasteiger partial charge in [0.2, 0.25) is 0 Å². The van der Waals surface area contributed by atoms with Gasteiger partial charge in [-0.1, -0.05) is 12.2 Å². The van der Waals surface area contributed by atoms with Crippen molar-refractivity contribution >= 4 is 5.70 Å². The SMILES string of the molecule is C1=CC=C(c2cnnnn2)NC=C1. The van der Waals surface area contributed by atoms with Crippen molar-refractivity contribution in [2.75, 3.05) is 0 Å². The monoisotopic (exact) mass is 173 g/mol. The minimum absolute atomic E-state index is 0.672. The molecule has 0 saturated heterocycles. The zero-order valence-electron chi connectivity index (χ0n) is 6.75. The lowest BCUT2D eigenvalue weighted by molar-refractivity contribution is 0.750. The first-order valence-corrected chi connectivity index (χ1v) is 3.78. The number of allylic oxidation sites excluding steroid dienone is 4. The van der Waals surface area contributed by atoms with Crippen molar-refractivity contribution in [2.45, 2.75) is 0 Å². The summed E-state index contributed by atoms with van der Waals surface area (Å²) < 4.78 is 0. The number of rotatable bonds is 1. The molecule has 0 aromatic carbocycles. The van der Waals surface area contributed by atoms with Gasteiger partial charge in [0, 0.05) is 6.20 Å². The van der Waals surface area contributed by atoms with Crippen molar-refractivity contribution in [2.24, 2.45) is 0 Å². The molecule has 0 bridgehead atoms. The lowest BCUT2D eigenvalue weighted by Crippen LogP contribution is -2.06. The summed E-state index contributed by atoms with van der Waals surface area (Å²) in [5.41, 5.74) is 1.53. The molecule has 5 heteroatoms. The van der Waals surface area contributed by atoms with E-state index in [1.807, 2.05) is 30.5 Å². The van der Waals surface area contributed by atoms with Crippen molar-refractivity contribution in [3.63, 3.8) is 0 Å². The van der Waals surface area contributed by atoms with Crippen LogP contribution in [0.4, 0.5) is 0 Å². The minimum Gasteiger partial charge on any atom is -0.360 e. The largest absolute Gasteiger partial charge is 0.360 e. The Morgan fingerprint density at radius 3 is 2.92 bits per heavy atom. The molecule has 1 aromatic rings. The molecule has 1 aromatic heterocycles. The molecule has 0 atom stereocenters. The van der Waals surface area contributed by atoms with Crippen molar-refractivity contribution in [3.05, 3.63) is 42.4 Å². The predicted octanol–water partition coefficient (Wildman–Crippen LogP) is 0.281. The lowest BCUT2D eigenvalue weighted by atomic mass is 10.3. The van der Waals surface area contributed by atoms with Crippen molar-refractivity contribution < 1.29 is 0 Å². The Kier molecular flexibility index (Phi) is 2.09. The molecule has 0 aliphatic carbocycles. The summed E-state index contributed by atoms with van der Waals surface area (Å²) in [6.07, 6.45) is 11.0. The van der Waals surface area contributed by atoms with E-state index in [1.165, 1.54) is 0 Å². The van der Waals surface area contributed by atoms with Crippen LogP contribution in [0.1, 0.15) is 5.69 Å². The normalized spacial score (nSPS) is 14.6. The highest BCUT2D eigenvalue weighted by atomic mass is 15.4. The van der Waals surface area contributed by atoms with Crippen LogP contribution in [0.3, 0.4) is 0 Å². The van der Waals surface area contributed by atoms with Gasteiger partial charge >= 0.3 is 0 Å². The lowest BCUT2D eigenvalue weighted by Gasteiger charge is -2.01. The molecule has 0 unspecified atom stereocenters. The first-order valence-electron chi connectivity index (χ1n) is 3.78. The minimum atomic E-state index is 0.672. The highest BCUT2D eigenvalue weighted by Gasteiger charge is 2.01. The fraction of sp³-hybridized carbons (Fsp3) is 0. The van der Waals surface area contributed by atoms with Gasteiger partial charge in [-0.05, 0) is 22.6 Å². The van der Waals surface area contributed by atoms with Crippen molar-refractivity contribution in [3.8, 4) is 0 Å². The van der Waals surface area contributed by atoms with Gasteiger partial charge in [-0.3, -0.25) is 0 Å². The second kappa shape index (κ2) is 3.57. The molecule has 2 heterocycles. The van der Waals surface area contributed by atoms with Crippen molar-refractivity contribution in [1.82, 2.24) is 25.9 Å². The third-order valence-corrected chi connectivity index (χ3v) is 1.52. The Morgan fingerprint density at radius 1 is 1.08 bits per heavy atom. The van der Waals surface area contributed by atoms with Gasteiger partial charge in [-0.2, -0.15) is 0 Å². The molecular formula is C8H7N5. The van der Waals surface area contributed by atoms with Crippen LogP contribution in [0.5, 0.6) is 0 Å². The predicted molar refractivity (Wildman–Crippen MR) is 47.0 cm³/mol. The second-order valence-corrected chi connectivity index (χ2v) is 2.38. The molecule has 13 heavy (non-hydrogen) atoms. The Balaban J connectivity index is 2.32. The van der Waals surface area contributed by atoms with E-state index in [9.17, 15) is 0 Å². The maximum atomic E-state index is 3.82. The number of nitrogens with one attached hydrogen (secondary N) is 1. The second-order valence-electron chi connectivity index (χ2n) is 2.38. The Labute approximate surface area is 74.9 Å². The van der Waals surface area contributed by atoms with Crippen LogP contribution in [0, 0.1) is 0 Å². The standard InChI is InChI=1S/C8H7N5/c1-2-4-7(9-5-3-1)8-6-10-12-13-11-8/h1-6,9H. The molecule has 0 amide bonds. The van der Waals surface area contributed by atoms with E-state index >= 15 is 0 Å². The third-order valence-electron chi connectivity index (χ3n) is 1.52. The maximum absolute atomic E-state index is 3.82. The smallest absolute Gasteiger partial charge is 0.131 e. The molecule has 0 spiro atoms. The fourth-order valence-electron chi connectivity index (χ4n) is 0.938. The number of aromatic nitrogens is 4. The Hall–Kier alpha value is -2.04. The van der Waals surface area contributed by atoms with Gasteiger partial charge in [0.25, 0.3) is 0 Å². The maximum Gasteiger partial charge on any atom is 0.131 e. The summed E-state index contributed by atoms with van der Waals surface area (Å²) in [7, 11) is 0. The quantitative estimate of drug-likeness (QED) is 0.660. The van der Waals surface area contributed by atoms with E-state index in [0.717, 1.165) is 5.70 Å². The fourth-order valence-corrected chi connectivity index (χ4v) is 0.938. The average Bonchev–Trinajstić information content (AvgIpc) is 2.47. The van der Waals surface area contributed by atoms with Crippen LogP contribution in [-0.4, -0.2) is 20.6 Å².